The van der Waals surface area contributed by atoms with Crippen molar-refractivity contribution >= 4 is 11.9 Å². The van der Waals surface area contributed by atoms with Crippen molar-refractivity contribution in [2.24, 2.45) is 7.05 Å². The summed E-state index contributed by atoms with van der Waals surface area (Å²) in [4.78, 5) is 22.7. The summed E-state index contributed by atoms with van der Waals surface area (Å²) in [5.74, 6) is -0.492. The average molecular weight is 327 g/mol. The molecule has 0 saturated carbocycles. The van der Waals surface area contributed by atoms with Gasteiger partial charge in [-0.15, -0.1) is 5.10 Å². The molecule has 0 spiro atoms. The number of aromatic nitrogens is 3. The Hall–Kier alpha value is -1.96. The number of nitrogens with zero attached hydrogens (tertiary/aromatic N) is 3. The number of unbranched alkanes of at least 4 members (excludes halogenated alkanes) is 1. The first-order chi connectivity index (χ1) is 11.1. The minimum atomic E-state index is -0.301. The second-order valence-electron chi connectivity index (χ2n) is 5.08. The van der Waals surface area contributed by atoms with Crippen molar-refractivity contribution < 1.29 is 23.8 Å². The summed E-state index contributed by atoms with van der Waals surface area (Å²) in [7, 11) is 1.75. The molecule has 0 aromatic carbocycles. The average Bonchev–Trinajstić information content (AvgIpc) is 2.95. The van der Waals surface area contributed by atoms with E-state index in [1.54, 1.807) is 17.9 Å². The molecule has 0 aliphatic rings. The van der Waals surface area contributed by atoms with Crippen LogP contribution in [0.1, 0.15) is 44.7 Å². The van der Waals surface area contributed by atoms with Gasteiger partial charge in [-0.2, -0.15) is 0 Å². The molecule has 0 atom stereocenters. The minimum Gasteiger partial charge on any atom is -0.463 e. The molecule has 1 rings (SSSR count). The lowest BCUT2D eigenvalue weighted by molar-refractivity contribution is -0.145. The van der Waals surface area contributed by atoms with Crippen LogP contribution in [0.2, 0.25) is 0 Å². The molecular formula is C15H25N3O5. The summed E-state index contributed by atoms with van der Waals surface area (Å²) in [6, 6.07) is 0. The highest BCUT2D eigenvalue weighted by atomic mass is 16.6. The fraction of sp³-hybridized carbons (Fsp3) is 0.733. The number of hydrogen-bond acceptors (Lipinski definition) is 7. The number of ether oxygens (including phenoxy) is 3. The van der Waals surface area contributed by atoms with Crippen LogP contribution < -0.4 is 0 Å². The molecule has 0 bridgehead atoms. The van der Waals surface area contributed by atoms with Gasteiger partial charge in [-0.25, -0.2) is 0 Å². The second-order valence-corrected chi connectivity index (χ2v) is 5.08. The van der Waals surface area contributed by atoms with Crippen LogP contribution in [0.4, 0.5) is 0 Å². The topological polar surface area (TPSA) is 92.5 Å². The lowest BCUT2D eigenvalue weighted by Gasteiger charge is -2.06. The van der Waals surface area contributed by atoms with Gasteiger partial charge in [-0.1, -0.05) is 18.6 Å². The zero-order chi connectivity index (χ0) is 16.9. The van der Waals surface area contributed by atoms with Crippen molar-refractivity contribution in [2.75, 3.05) is 19.8 Å². The van der Waals surface area contributed by atoms with E-state index in [-0.39, 0.29) is 31.6 Å². The Labute approximate surface area is 136 Å². The monoisotopic (exact) mass is 327 g/mol. The van der Waals surface area contributed by atoms with Gasteiger partial charge in [0.25, 0.3) is 0 Å². The molecule has 0 unspecified atom stereocenters. The van der Waals surface area contributed by atoms with E-state index in [9.17, 15) is 9.59 Å². The number of carbonyl (C=O) groups is 2. The molecule has 1 aromatic heterocycles. The first-order valence-electron chi connectivity index (χ1n) is 7.86. The molecule has 0 aliphatic carbocycles. The molecule has 8 nitrogen and oxygen atoms in total. The molecule has 0 amide bonds. The normalized spacial score (nSPS) is 10.5. The Morgan fingerprint density at radius 2 is 1.83 bits per heavy atom. The molecular weight excluding hydrogens is 302 g/mol. The third-order valence-corrected chi connectivity index (χ3v) is 2.93. The lowest BCUT2D eigenvalue weighted by Crippen LogP contribution is -2.11. The maximum atomic E-state index is 11.5. The maximum absolute atomic E-state index is 11.5. The fourth-order valence-corrected chi connectivity index (χ4v) is 1.72. The van der Waals surface area contributed by atoms with Crippen molar-refractivity contribution in [2.45, 2.75) is 45.6 Å². The molecule has 0 N–H and O–H groups in total. The van der Waals surface area contributed by atoms with Crippen LogP contribution in [0.15, 0.2) is 6.20 Å². The third kappa shape index (κ3) is 9.62. The highest BCUT2D eigenvalue weighted by Crippen LogP contribution is 2.00. The van der Waals surface area contributed by atoms with Gasteiger partial charge < -0.3 is 14.2 Å². The van der Waals surface area contributed by atoms with Crippen LogP contribution in [-0.4, -0.2) is 46.8 Å². The van der Waals surface area contributed by atoms with Gasteiger partial charge in [-0.05, 0) is 12.8 Å². The number of hydrogen-bond donors (Lipinski definition) is 0. The smallest absolute Gasteiger partial charge is 0.306 e. The van der Waals surface area contributed by atoms with Gasteiger partial charge >= 0.3 is 11.9 Å². The summed E-state index contributed by atoms with van der Waals surface area (Å²) in [5.41, 5.74) is 0.613. The maximum Gasteiger partial charge on any atom is 0.306 e. The van der Waals surface area contributed by atoms with E-state index in [0.29, 0.717) is 31.7 Å². The molecule has 8 heteroatoms. The zero-order valence-corrected chi connectivity index (χ0v) is 13.8. The summed E-state index contributed by atoms with van der Waals surface area (Å²) in [6.07, 6.45) is 4.79. The van der Waals surface area contributed by atoms with Crippen molar-refractivity contribution in [1.82, 2.24) is 15.0 Å². The first-order valence-corrected chi connectivity index (χ1v) is 7.86. The standard InChI is InChI=1S/C15H25N3O5/c1-3-4-6-14(19)22-10-9-21-8-5-7-15(20)23-12-13-11-18(2)17-16-13/h11H,3-10,12H2,1-2H3. The van der Waals surface area contributed by atoms with Gasteiger partial charge in [-0.3, -0.25) is 14.3 Å². The van der Waals surface area contributed by atoms with E-state index in [1.165, 1.54) is 0 Å². The SMILES string of the molecule is CCCCC(=O)OCCOCCCC(=O)OCc1cn(C)nn1. The molecule has 0 aliphatic heterocycles. The lowest BCUT2D eigenvalue weighted by atomic mass is 10.2. The largest absolute Gasteiger partial charge is 0.463 e. The minimum absolute atomic E-state index is 0.126. The molecule has 1 aromatic rings. The van der Waals surface area contributed by atoms with Crippen molar-refractivity contribution in [3.8, 4) is 0 Å². The predicted molar refractivity (Wildman–Crippen MR) is 81.3 cm³/mol. The van der Waals surface area contributed by atoms with Gasteiger partial charge in [0.05, 0.1) is 12.8 Å². The Morgan fingerprint density at radius 3 is 2.52 bits per heavy atom. The quantitative estimate of drug-likeness (QED) is 0.423. The van der Waals surface area contributed by atoms with Crippen molar-refractivity contribution in [3.05, 3.63) is 11.9 Å². The van der Waals surface area contributed by atoms with Crippen LogP contribution in [0.5, 0.6) is 0 Å². The summed E-state index contributed by atoms with van der Waals surface area (Å²) < 4.78 is 16.9. The van der Waals surface area contributed by atoms with Crippen LogP contribution in [0, 0.1) is 0 Å². The second kappa shape index (κ2) is 11.6. The van der Waals surface area contributed by atoms with Crippen LogP contribution in [0.3, 0.4) is 0 Å². The van der Waals surface area contributed by atoms with Crippen molar-refractivity contribution in [1.29, 1.82) is 0 Å². The summed E-state index contributed by atoms with van der Waals surface area (Å²) in [5, 5.41) is 7.57. The zero-order valence-electron chi connectivity index (χ0n) is 13.8. The third-order valence-electron chi connectivity index (χ3n) is 2.93. The van der Waals surface area contributed by atoms with E-state index < -0.39 is 0 Å². The van der Waals surface area contributed by atoms with E-state index in [0.717, 1.165) is 12.8 Å². The fourth-order valence-electron chi connectivity index (χ4n) is 1.72. The Bertz CT molecular complexity index is 475. The molecule has 0 radical (unpaired) electrons. The Morgan fingerprint density at radius 1 is 1.09 bits per heavy atom. The Balaban J connectivity index is 1.92. The van der Waals surface area contributed by atoms with E-state index in [4.69, 9.17) is 14.2 Å². The highest BCUT2D eigenvalue weighted by molar-refractivity contribution is 5.69. The summed E-state index contributed by atoms with van der Waals surface area (Å²) >= 11 is 0. The van der Waals surface area contributed by atoms with Crippen molar-refractivity contribution in [3.63, 3.8) is 0 Å². The summed E-state index contributed by atoms with van der Waals surface area (Å²) in [6.45, 7) is 3.16. The first kappa shape index (κ1) is 19.1. The van der Waals surface area contributed by atoms with E-state index in [2.05, 4.69) is 10.3 Å². The van der Waals surface area contributed by atoms with Crippen LogP contribution in [0.25, 0.3) is 0 Å². The van der Waals surface area contributed by atoms with Crippen LogP contribution >= 0.6 is 0 Å². The molecule has 130 valence electrons. The Kier molecular flexibility index (Phi) is 9.62. The van der Waals surface area contributed by atoms with E-state index >= 15 is 0 Å². The number of esters is 2. The van der Waals surface area contributed by atoms with Gasteiger partial charge in [0.2, 0.25) is 0 Å². The van der Waals surface area contributed by atoms with E-state index in [1.807, 2.05) is 6.92 Å². The molecule has 0 fully saturated rings. The number of rotatable bonds is 12. The predicted octanol–water partition coefficient (Wildman–Crippen LogP) is 1.39. The molecule has 0 saturated heterocycles. The molecule has 1 heterocycles. The van der Waals surface area contributed by atoms with Gasteiger partial charge in [0, 0.05) is 26.5 Å². The van der Waals surface area contributed by atoms with Crippen LogP contribution in [-0.2, 0) is 37.5 Å². The number of carbonyl (C=O) groups excluding carboxylic acids is 2. The molecule has 23 heavy (non-hydrogen) atoms. The highest BCUT2D eigenvalue weighted by Gasteiger charge is 2.06. The van der Waals surface area contributed by atoms with Gasteiger partial charge in [0.15, 0.2) is 0 Å². The number of aryl methyl sites for hydroxylation is 1. The van der Waals surface area contributed by atoms with Gasteiger partial charge in [0.1, 0.15) is 18.9 Å².